The van der Waals surface area contributed by atoms with Crippen molar-refractivity contribution in [3.63, 3.8) is 0 Å². The third kappa shape index (κ3) is 7.59. The maximum Gasteiger partial charge on any atom is 0.414 e. The largest absolute Gasteiger partial charge is 0.478 e. The Hall–Kier alpha value is -3.36. The molecule has 1 aromatic heterocycles. The molecule has 0 aliphatic heterocycles. The van der Waals surface area contributed by atoms with Crippen LogP contribution in [0.15, 0.2) is 43.0 Å². The second-order valence-electron chi connectivity index (χ2n) is 5.22. The average molecular weight is 378 g/mol. The van der Waals surface area contributed by atoms with E-state index >= 15 is 0 Å². The molecule has 0 saturated heterocycles. The van der Waals surface area contributed by atoms with Crippen LogP contribution in [0.2, 0.25) is 0 Å². The Morgan fingerprint density at radius 1 is 1.15 bits per heavy atom. The number of carbonyl (C=O) groups is 3. The molecule has 0 bridgehead atoms. The molecule has 0 fully saturated rings. The van der Waals surface area contributed by atoms with E-state index in [-0.39, 0.29) is 5.97 Å². The number of aliphatic carboxylic acids is 2. The Kier molecular flexibility index (Phi) is 9.07. The number of benzene rings is 1. The minimum atomic E-state index is -1.82. The van der Waals surface area contributed by atoms with Crippen LogP contribution in [0.4, 0.5) is 0 Å². The number of nitrogens with zero attached hydrogens (tertiary/aromatic N) is 2. The van der Waals surface area contributed by atoms with Gasteiger partial charge in [0, 0.05) is 18.0 Å². The van der Waals surface area contributed by atoms with Crippen LogP contribution in [0.3, 0.4) is 0 Å². The zero-order valence-electron chi connectivity index (χ0n) is 15.1. The third-order valence-electron chi connectivity index (χ3n) is 3.26. The Labute approximate surface area is 156 Å². The zero-order valence-corrected chi connectivity index (χ0v) is 15.1. The summed E-state index contributed by atoms with van der Waals surface area (Å²) in [4.78, 5) is 34.1. The monoisotopic (exact) mass is 378 g/mol. The van der Waals surface area contributed by atoms with Crippen molar-refractivity contribution in [3.8, 4) is 5.75 Å². The van der Waals surface area contributed by atoms with Gasteiger partial charge in [0.1, 0.15) is 5.75 Å². The van der Waals surface area contributed by atoms with Gasteiger partial charge in [-0.25, -0.2) is 19.4 Å². The lowest BCUT2D eigenvalue weighted by molar-refractivity contribution is -0.159. The second-order valence-corrected chi connectivity index (χ2v) is 5.22. The highest BCUT2D eigenvalue weighted by Crippen LogP contribution is 2.21. The SMILES string of the molecule is CCOC(=O)C(CC)Oc1ccccc1Cn1ccnc1.O=C(O)C(=O)O. The number of imidazole rings is 1. The van der Waals surface area contributed by atoms with Gasteiger partial charge in [-0.2, -0.15) is 0 Å². The van der Waals surface area contributed by atoms with Crippen LogP contribution in [-0.4, -0.2) is 50.4 Å². The number of carbonyl (C=O) groups excluding carboxylic acids is 1. The molecule has 2 N–H and O–H groups in total. The first-order chi connectivity index (χ1) is 12.9. The summed E-state index contributed by atoms with van der Waals surface area (Å²) >= 11 is 0. The molecule has 1 aromatic carbocycles. The van der Waals surface area contributed by atoms with Gasteiger partial charge in [-0.05, 0) is 19.4 Å². The molecule has 1 unspecified atom stereocenters. The lowest BCUT2D eigenvalue weighted by Gasteiger charge is -2.18. The van der Waals surface area contributed by atoms with Gasteiger partial charge in [-0.3, -0.25) is 0 Å². The predicted octanol–water partition coefficient (Wildman–Crippen LogP) is 1.81. The minimum absolute atomic E-state index is 0.322. The highest BCUT2D eigenvalue weighted by atomic mass is 16.6. The molecule has 1 heterocycles. The van der Waals surface area contributed by atoms with Crippen molar-refractivity contribution in [1.82, 2.24) is 9.55 Å². The fourth-order valence-electron chi connectivity index (χ4n) is 2.01. The predicted molar refractivity (Wildman–Crippen MR) is 94.4 cm³/mol. The topological polar surface area (TPSA) is 128 Å². The molecular weight excluding hydrogens is 356 g/mol. The maximum absolute atomic E-state index is 11.8. The number of esters is 1. The molecule has 0 aliphatic rings. The molecule has 0 amide bonds. The highest BCUT2D eigenvalue weighted by molar-refractivity contribution is 6.27. The van der Waals surface area contributed by atoms with E-state index in [1.54, 1.807) is 19.4 Å². The van der Waals surface area contributed by atoms with E-state index < -0.39 is 18.0 Å². The van der Waals surface area contributed by atoms with Crippen LogP contribution in [0, 0.1) is 0 Å². The summed E-state index contributed by atoms with van der Waals surface area (Å²) in [5.74, 6) is -3.27. The molecule has 0 aliphatic carbocycles. The first kappa shape index (κ1) is 21.7. The minimum Gasteiger partial charge on any atom is -0.478 e. The molecule has 27 heavy (non-hydrogen) atoms. The van der Waals surface area contributed by atoms with Crippen molar-refractivity contribution >= 4 is 17.9 Å². The molecular formula is C18H22N2O7. The van der Waals surface area contributed by atoms with E-state index in [0.717, 1.165) is 5.56 Å². The number of ether oxygens (including phenoxy) is 2. The van der Waals surface area contributed by atoms with E-state index in [4.69, 9.17) is 29.3 Å². The van der Waals surface area contributed by atoms with Crippen LogP contribution >= 0.6 is 0 Å². The van der Waals surface area contributed by atoms with Gasteiger partial charge in [-0.15, -0.1) is 0 Å². The summed E-state index contributed by atoms with van der Waals surface area (Å²) < 4.78 is 12.8. The van der Waals surface area contributed by atoms with Gasteiger partial charge < -0.3 is 24.3 Å². The lowest BCUT2D eigenvalue weighted by Crippen LogP contribution is -2.29. The quantitative estimate of drug-likeness (QED) is 0.551. The van der Waals surface area contributed by atoms with Gasteiger partial charge in [0.2, 0.25) is 0 Å². The molecule has 0 spiro atoms. The van der Waals surface area contributed by atoms with E-state index in [1.165, 1.54) is 0 Å². The smallest absolute Gasteiger partial charge is 0.414 e. The number of aromatic nitrogens is 2. The average Bonchev–Trinajstić information content (AvgIpc) is 3.14. The number of hydrogen-bond acceptors (Lipinski definition) is 6. The van der Waals surface area contributed by atoms with Crippen LogP contribution in [0.5, 0.6) is 5.75 Å². The van der Waals surface area contributed by atoms with Gasteiger partial charge in [0.05, 0.1) is 19.5 Å². The van der Waals surface area contributed by atoms with Gasteiger partial charge in [-0.1, -0.05) is 25.1 Å². The number of carboxylic acids is 2. The summed E-state index contributed by atoms with van der Waals surface area (Å²) in [6.45, 7) is 4.70. The Bertz CT molecular complexity index is 732. The highest BCUT2D eigenvalue weighted by Gasteiger charge is 2.20. The van der Waals surface area contributed by atoms with Crippen LogP contribution < -0.4 is 4.74 Å². The van der Waals surface area contributed by atoms with Crippen molar-refractivity contribution in [2.75, 3.05) is 6.61 Å². The van der Waals surface area contributed by atoms with Crippen molar-refractivity contribution in [2.24, 2.45) is 0 Å². The molecule has 146 valence electrons. The Morgan fingerprint density at radius 3 is 2.33 bits per heavy atom. The maximum atomic E-state index is 11.8. The molecule has 9 nitrogen and oxygen atoms in total. The van der Waals surface area contributed by atoms with Crippen molar-refractivity contribution in [2.45, 2.75) is 32.9 Å². The normalized spacial score (nSPS) is 10.9. The molecule has 0 radical (unpaired) electrons. The zero-order chi connectivity index (χ0) is 20.2. The van der Waals surface area contributed by atoms with Gasteiger partial charge >= 0.3 is 17.9 Å². The Morgan fingerprint density at radius 2 is 1.81 bits per heavy atom. The number of para-hydroxylation sites is 1. The van der Waals surface area contributed by atoms with Crippen molar-refractivity contribution in [3.05, 3.63) is 48.5 Å². The first-order valence-corrected chi connectivity index (χ1v) is 8.22. The van der Waals surface area contributed by atoms with Crippen molar-refractivity contribution < 1.29 is 34.1 Å². The number of carboxylic acid groups (broad SMARTS) is 2. The summed E-state index contributed by atoms with van der Waals surface area (Å²) in [6, 6.07) is 7.69. The molecule has 9 heteroatoms. The van der Waals surface area contributed by atoms with E-state index in [9.17, 15) is 4.79 Å². The third-order valence-corrected chi connectivity index (χ3v) is 3.26. The molecule has 0 saturated carbocycles. The summed E-state index contributed by atoms with van der Waals surface area (Å²) in [5, 5.41) is 14.8. The summed E-state index contributed by atoms with van der Waals surface area (Å²) in [7, 11) is 0. The van der Waals surface area contributed by atoms with E-state index in [2.05, 4.69) is 4.98 Å². The lowest BCUT2D eigenvalue weighted by atomic mass is 10.2. The van der Waals surface area contributed by atoms with Gasteiger partial charge in [0.15, 0.2) is 6.10 Å². The number of hydrogen-bond donors (Lipinski definition) is 2. The molecule has 2 aromatic rings. The standard InChI is InChI=1S/C16H20N2O3.C2H2O4/c1-3-14(16(19)20-4-2)21-15-8-6-5-7-13(15)11-18-10-9-17-12-18;3-1(4)2(5)6/h5-10,12,14H,3-4,11H2,1-2H3;(H,3,4)(H,5,6). The van der Waals surface area contributed by atoms with Crippen molar-refractivity contribution in [1.29, 1.82) is 0 Å². The van der Waals surface area contributed by atoms with Crippen LogP contribution in [0.25, 0.3) is 0 Å². The fourth-order valence-corrected chi connectivity index (χ4v) is 2.01. The molecule has 2 rings (SSSR count). The van der Waals surface area contributed by atoms with E-state index in [0.29, 0.717) is 25.3 Å². The second kappa shape index (κ2) is 11.3. The summed E-state index contributed by atoms with van der Waals surface area (Å²) in [5.41, 5.74) is 0.998. The summed E-state index contributed by atoms with van der Waals surface area (Å²) in [6.07, 6.45) is 5.36. The first-order valence-electron chi connectivity index (χ1n) is 8.22. The van der Waals surface area contributed by atoms with Crippen LogP contribution in [-0.2, 0) is 25.7 Å². The fraction of sp³-hybridized carbons (Fsp3) is 0.333. The number of rotatable bonds is 7. The van der Waals surface area contributed by atoms with Gasteiger partial charge in [0.25, 0.3) is 0 Å². The van der Waals surface area contributed by atoms with Crippen LogP contribution in [0.1, 0.15) is 25.8 Å². The Balaban J connectivity index is 0.000000527. The van der Waals surface area contributed by atoms with E-state index in [1.807, 2.05) is 42.0 Å². The molecule has 1 atom stereocenters.